The summed E-state index contributed by atoms with van der Waals surface area (Å²) in [7, 11) is 0. The first-order valence-corrected chi connectivity index (χ1v) is 9.74. The third kappa shape index (κ3) is 3.53. The van der Waals surface area contributed by atoms with Crippen molar-refractivity contribution >= 4 is 46.7 Å². The highest BCUT2D eigenvalue weighted by Crippen LogP contribution is 2.40. The molecular formula is C14H17Cl2NOS2. The van der Waals surface area contributed by atoms with Crippen LogP contribution in [0.1, 0.15) is 18.0 Å². The van der Waals surface area contributed by atoms with Crippen molar-refractivity contribution in [3.8, 4) is 5.75 Å². The van der Waals surface area contributed by atoms with Crippen molar-refractivity contribution in [1.29, 1.82) is 0 Å². The molecule has 1 aromatic rings. The summed E-state index contributed by atoms with van der Waals surface area (Å²) in [5.41, 5.74) is 1.10. The van der Waals surface area contributed by atoms with Crippen molar-refractivity contribution in [3.05, 3.63) is 27.7 Å². The SMILES string of the molecule is Clc1cc(Cl)c2c(c1)C(NCC1CSCCS1)CCO2. The maximum Gasteiger partial charge on any atom is 0.142 e. The topological polar surface area (TPSA) is 21.3 Å². The normalized spacial score (nSPS) is 25.9. The minimum Gasteiger partial charge on any atom is -0.492 e. The van der Waals surface area contributed by atoms with E-state index in [2.05, 4.69) is 28.8 Å². The smallest absolute Gasteiger partial charge is 0.142 e. The average Bonchev–Trinajstić information content (AvgIpc) is 2.46. The first-order chi connectivity index (χ1) is 9.74. The van der Waals surface area contributed by atoms with Crippen molar-refractivity contribution in [2.24, 2.45) is 0 Å². The second kappa shape index (κ2) is 7.01. The van der Waals surface area contributed by atoms with E-state index in [1.54, 1.807) is 6.07 Å². The summed E-state index contributed by atoms with van der Waals surface area (Å²) < 4.78 is 5.69. The highest BCUT2D eigenvalue weighted by Gasteiger charge is 2.25. The molecule has 3 rings (SSSR count). The Balaban J connectivity index is 1.69. The van der Waals surface area contributed by atoms with Crippen molar-refractivity contribution in [2.75, 3.05) is 30.4 Å². The lowest BCUT2D eigenvalue weighted by Gasteiger charge is -2.30. The van der Waals surface area contributed by atoms with E-state index in [1.807, 2.05) is 6.07 Å². The van der Waals surface area contributed by atoms with Crippen LogP contribution in [0.15, 0.2) is 12.1 Å². The Morgan fingerprint density at radius 1 is 1.30 bits per heavy atom. The predicted molar refractivity (Wildman–Crippen MR) is 90.9 cm³/mol. The fourth-order valence-corrected chi connectivity index (χ4v) is 5.75. The van der Waals surface area contributed by atoms with E-state index in [0.29, 0.717) is 27.9 Å². The molecule has 20 heavy (non-hydrogen) atoms. The molecule has 0 aliphatic carbocycles. The first kappa shape index (κ1) is 15.2. The second-order valence-electron chi connectivity index (χ2n) is 4.97. The predicted octanol–water partition coefficient (Wildman–Crippen LogP) is 4.26. The molecule has 0 radical (unpaired) electrons. The van der Waals surface area contributed by atoms with Crippen molar-refractivity contribution in [1.82, 2.24) is 5.32 Å². The summed E-state index contributed by atoms with van der Waals surface area (Å²) in [6.07, 6.45) is 0.966. The standard InChI is InChI=1S/C14H17Cl2NOS2/c15-9-5-11-13(1-2-18-14(11)12(16)6-9)17-7-10-8-19-3-4-20-10/h5-6,10,13,17H,1-4,7-8H2. The molecular weight excluding hydrogens is 333 g/mol. The summed E-state index contributed by atoms with van der Waals surface area (Å²) in [4.78, 5) is 0. The summed E-state index contributed by atoms with van der Waals surface area (Å²) >= 11 is 16.5. The fraction of sp³-hybridized carbons (Fsp3) is 0.571. The molecule has 1 saturated heterocycles. The monoisotopic (exact) mass is 349 g/mol. The minimum atomic E-state index is 0.294. The van der Waals surface area contributed by atoms with Gasteiger partial charge in [-0.05, 0) is 12.1 Å². The zero-order chi connectivity index (χ0) is 13.9. The molecule has 0 spiro atoms. The lowest BCUT2D eigenvalue weighted by molar-refractivity contribution is 0.253. The number of hydrogen-bond donors (Lipinski definition) is 1. The Kier molecular flexibility index (Phi) is 5.32. The molecule has 1 fully saturated rings. The zero-order valence-electron chi connectivity index (χ0n) is 11.0. The molecule has 110 valence electrons. The van der Waals surface area contributed by atoms with E-state index in [0.717, 1.165) is 24.3 Å². The van der Waals surface area contributed by atoms with Crippen LogP contribution in [0.5, 0.6) is 5.75 Å². The number of halogens is 2. The summed E-state index contributed by atoms with van der Waals surface area (Å²) in [5.74, 6) is 4.58. The molecule has 0 aromatic heterocycles. The molecule has 0 amide bonds. The van der Waals surface area contributed by atoms with Crippen LogP contribution in [-0.4, -0.2) is 35.7 Å². The minimum absolute atomic E-state index is 0.294. The van der Waals surface area contributed by atoms with E-state index >= 15 is 0 Å². The van der Waals surface area contributed by atoms with Gasteiger partial charge in [-0.25, -0.2) is 0 Å². The van der Waals surface area contributed by atoms with Gasteiger partial charge in [0.1, 0.15) is 5.75 Å². The van der Waals surface area contributed by atoms with Gasteiger partial charge < -0.3 is 10.1 Å². The third-order valence-electron chi connectivity index (χ3n) is 3.54. The van der Waals surface area contributed by atoms with Crippen LogP contribution in [0.3, 0.4) is 0 Å². The molecule has 0 saturated carbocycles. The van der Waals surface area contributed by atoms with E-state index < -0.39 is 0 Å². The summed E-state index contributed by atoms with van der Waals surface area (Å²) in [6, 6.07) is 4.02. The zero-order valence-corrected chi connectivity index (χ0v) is 14.2. The van der Waals surface area contributed by atoms with Crippen molar-refractivity contribution in [2.45, 2.75) is 17.7 Å². The molecule has 1 N–H and O–H groups in total. The molecule has 2 aliphatic heterocycles. The molecule has 2 nitrogen and oxygen atoms in total. The van der Waals surface area contributed by atoms with E-state index in [9.17, 15) is 0 Å². The van der Waals surface area contributed by atoms with Gasteiger partial charge in [0.05, 0.1) is 11.6 Å². The van der Waals surface area contributed by atoms with Gasteiger partial charge in [-0.1, -0.05) is 23.2 Å². The Morgan fingerprint density at radius 3 is 3.00 bits per heavy atom. The number of nitrogens with one attached hydrogen (secondary N) is 1. The maximum atomic E-state index is 6.22. The van der Waals surface area contributed by atoms with Crippen molar-refractivity contribution < 1.29 is 4.74 Å². The summed E-state index contributed by atoms with van der Waals surface area (Å²) in [5, 5.41) is 5.66. The quantitative estimate of drug-likeness (QED) is 0.879. The van der Waals surface area contributed by atoms with E-state index in [-0.39, 0.29) is 0 Å². The summed E-state index contributed by atoms with van der Waals surface area (Å²) in [6.45, 7) is 1.74. The fourth-order valence-electron chi connectivity index (χ4n) is 2.57. The third-order valence-corrected chi connectivity index (χ3v) is 6.89. The number of fused-ring (bicyclic) bond motifs is 1. The Hall–Kier alpha value is 0.260. The van der Waals surface area contributed by atoms with Crippen LogP contribution < -0.4 is 10.1 Å². The highest BCUT2D eigenvalue weighted by atomic mass is 35.5. The van der Waals surface area contributed by atoms with Gasteiger partial charge >= 0.3 is 0 Å². The molecule has 6 heteroatoms. The van der Waals surface area contributed by atoms with E-state index in [1.165, 1.54) is 17.3 Å². The van der Waals surface area contributed by atoms with Crippen LogP contribution in [0, 0.1) is 0 Å². The van der Waals surface area contributed by atoms with Gasteiger partial charge in [-0.15, -0.1) is 0 Å². The number of thioether (sulfide) groups is 2. The Morgan fingerprint density at radius 2 is 2.20 bits per heavy atom. The van der Waals surface area contributed by atoms with Gasteiger partial charge in [0.2, 0.25) is 0 Å². The van der Waals surface area contributed by atoms with Gasteiger partial charge in [0.15, 0.2) is 0 Å². The van der Waals surface area contributed by atoms with E-state index in [4.69, 9.17) is 27.9 Å². The van der Waals surface area contributed by atoms with Crippen LogP contribution >= 0.6 is 46.7 Å². The number of ether oxygens (including phenoxy) is 1. The van der Waals surface area contributed by atoms with Crippen LogP contribution in [0.4, 0.5) is 0 Å². The number of hydrogen-bond acceptors (Lipinski definition) is 4. The molecule has 2 aliphatic rings. The second-order valence-corrected chi connectivity index (χ2v) is 8.37. The van der Waals surface area contributed by atoms with Crippen LogP contribution in [0.2, 0.25) is 10.0 Å². The van der Waals surface area contributed by atoms with Gasteiger partial charge in [-0.3, -0.25) is 0 Å². The Labute approximate surface area is 138 Å². The molecule has 2 atom stereocenters. The lowest BCUT2D eigenvalue weighted by atomic mass is 10.0. The maximum absolute atomic E-state index is 6.22. The lowest BCUT2D eigenvalue weighted by Crippen LogP contribution is -2.34. The van der Waals surface area contributed by atoms with Gasteiger partial charge in [0, 0.05) is 52.1 Å². The molecule has 1 aromatic carbocycles. The Bertz CT molecular complexity index is 480. The number of benzene rings is 1. The molecule has 2 unspecified atom stereocenters. The highest BCUT2D eigenvalue weighted by molar-refractivity contribution is 8.06. The molecule has 0 bridgehead atoms. The largest absolute Gasteiger partial charge is 0.492 e. The van der Waals surface area contributed by atoms with Crippen molar-refractivity contribution in [3.63, 3.8) is 0 Å². The molecule has 2 heterocycles. The number of rotatable bonds is 3. The van der Waals surface area contributed by atoms with Crippen LogP contribution in [-0.2, 0) is 0 Å². The average molecular weight is 350 g/mol. The van der Waals surface area contributed by atoms with Gasteiger partial charge in [0.25, 0.3) is 0 Å². The van der Waals surface area contributed by atoms with Gasteiger partial charge in [-0.2, -0.15) is 23.5 Å². The van der Waals surface area contributed by atoms with Crippen LogP contribution in [0.25, 0.3) is 0 Å². The first-order valence-electron chi connectivity index (χ1n) is 6.78.